The van der Waals surface area contributed by atoms with Gasteiger partial charge in [-0.2, -0.15) is 18.4 Å². The zero-order valence-corrected chi connectivity index (χ0v) is 13.7. The molecule has 8 heteroatoms. The van der Waals surface area contributed by atoms with Gasteiger partial charge >= 0.3 is 12.1 Å². The molecule has 1 aromatic heterocycles. The molecule has 1 aliphatic heterocycles. The van der Waals surface area contributed by atoms with E-state index in [0.717, 1.165) is 12.1 Å². The minimum Gasteiger partial charge on any atom is -0.478 e. The van der Waals surface area contributed by atoms with Crippen LogP contribution in [0.3, 0.4) is 0 Å². The standard InChI is InChI=1S/C19H12F3N3O2/c20-19(21,22)14-3-1-2-11(6-14)15-10-25-17(7-13(15)8-23)16-5-4-12(9-24-16)18(26)27/h1-4,6-7,9-10,16H,5H2,(H,26,27). The van der Waals surface area contributed by atoms with Gasteiger partial charge in [-0.1, -0.05) is 18.2 Å². The van der Waals surface area contributed by atoms with Gasteiger partial charge in [-0.15, -0.1) is 0 Å². The molecular weight excluding hydrogens is 359 g/mol. The second-order valence-electron chi connectivity index (χ2n) is 5.84. The molecule has 0 radical (unpaired) electrons. The zero-order chi connectivity index (χ0) is 19.6. The van der Waals surface area contributed by atoms with E-state index in [1.807, 2.05) is 6.07 Å². The topological polar surface area (TPSA) is 86.3 Å². The van der Waals surface area contributed by atoms with Crippen molar-refractivity contribution in [3.63, 3.8) is 0 Å². The van der Waals surface area contributed by atoms with Gasteiger partial charge in [-0.25, -0.2) is 4.79 Å². The summed E-state index contributed by atoms with van der Waals surface area (Å²) in [5, 5.41) is 18.3. The molecule has 1 aliphatic rings. The molecule has 27 heavy (non-hydrogen) atoms. The van der Waals surface area contributed by atoms with Crippen LogP contribution >= 0.6 is 0 Å². The molecule has 0 aliphatic carbocycles. The van der Waals surface area contributed by atoms with Gasteiger partial charge in [0.2, 0.25) is 0 Å². The van der Waals surface area contributed by atoms with E-state index >= 15 is 0 Å². The summed E-state index contributed by atoms with van der Waals surface area (Å²) >= 11 is 0. The van der Waals surface area contributed by atoms with Gasteiger partial charge in [0.1, 0.15) is 0 Å². The summed E-state index contributed by atoms with van der Waals surface area (Å²) in [6.45, 7) is 0. The fourth-order valence-electron chi connectivity index (χ4n) is 2.70. The number of carboxylic acids is 1. The predicted octanol–water partition coefficient (Wildman–Crippen LogP) is 4.17. The van der Waals surface area contributed by atoms with Gasteiger partial charge in [0.25, 0.3) is 0 Å². The van der Waals surface area contributed by atoms with E-state index in [0.29, 0.717) is 12.1 Å². The van der Waals surface area contributed by atoms with E-state index in [1.165, 1.54) is 36.7 Å². The molecule has 1 unspecified atom stereocenters. The Balaban J connectivity index is 1.94. The van der Waals surface area contributed by atoms with E-state index < -0.39 is 23.8 Å². The smallest absolute Gasteiger partial charge is 0.416 e. The number of nitrogens with zero attached hydrogens (tertiary/aromatic N) is 3. The fraction of sp³-hybridized carbons (Fsp3) is 0.158. The molecule has 0 bridgehead atoms. The van der Waals surface area contributed by atoms with Gasteiger partial charge in [0, 0.05) is 18.0 Å². The molecule has 0 saturated heterocycles. The van der Waals surface area contributed by atoms with Crippen molar-refractivity contribution in [3.8, 4) is 17.2 Å². The Morgan fingerprint density at radius 1 is 1.30 bits per heavy atom. The van der Waals surface area contributed by atoms with Gasteiger partial charge in [0.15, 0.2) is 0 Å². The number of hydrogen-bond donors (Lipinski definition) is 1. The second kappa shape index (κ2) is 7.03. The fourth-order valence-corrected chi connectivity index (χ4v) is 2.70. The Labute approximate surface area is 152 Å². The van der Waals surface area contributed by atoms with Crippen molar-refractivity contribution >= 4 is 12.2 Å². The third-order valence-electron chi connectivity index (χ3n) is 4.09. The molecule has 5 nitrogen and oxygen atoms in total. The van der Waals surface area contributed by atoms with Crippen LogP contribution in [0.4, 0.5) is 13.2 Å². The van der Waals surface area contributed by atoms with Crippen molar-refractivity contribution in [3.05, 3.63) is 65.0 Å². The minimum absolute atomic E-state index is 0.0762. The number of dihydropyridines is 1. The highest BCUT2D eigenvalue weighted by Crippen LogP contribution is 2.34. The van der Waals surface area contributed by atoms with Crippen LogP contribution < -0.4 is 0 Å². The number of aromatic nitrogens is 1. The highest BCUT2D eigenvalue weighted by atomic mass is 19.4. The second-order valence-corrected chi connectivity index (χ2v) is 5.84. The molecule has 2 aromatic rings. The quantitative estimate of drug-likeness (QED) is 0.877. The first-order chi connectivity index (χ1) is 12.8. The molecule has 1 atom stereocenters. The first-order valence-electron chi connectivity index (χ1n) is 7.84. The number of halogens is 3. The summed E-state index contributed by atoms with van der Waals surface area (Å²) in [7, 11) is 0. The molecule has 0 fully saturated rings. The highest BCUT2D eigenvalue weighted by Gasteiger charge is 2.30. The van der Waals surface area contributed by atoms with Crippen LogP contribution in [-0.4, -0.2) is 22.3 Å². The van der Waals surface area contributed by atoms with Crippen LogP contribution in [0.2, 0.25) is 0 Å². The average molecular weight is 371 g/mol. The van der Waals surface area contributed by atoms with Crippen LogP contribution in [-0.2, 0) is 11.0 Å². The van der Waals surface area contributed by atoms with Crippen LogP contribution in [0.1, 0.15) is 29.3 Å². The number of aliphatic imine (C=N–C) groups is 1. The summed E-state index contributed by atoms with van der Waals surface area (Å²) in [5.74, 6) is -1.08. The molecule has 0 amide bonds. The summed E-state index contributed by atoms with van der Waals surface area (Å²) in [6.07, 6.45) is -0.102. The lowest BCUT2D eigenvalue weighted by atomic mass is 9.97. The van der Waals surface area contributed by atoms with Crippen LogP contribution in [0.5, 0.6) is 0 Å². The maximum absolute atomic E-state index is 12.9. The Kier molecular flexibility index (Phi) is 4.77. The monoisotopic (exact) mass is 371 g/mol. The number of hydrogen-bond acceptors (Lipinski definition) is 4. The first-order valence-corrected chi connectivity index (χ1v) is 7.84. The van der Waals surface area contributed by atoms with Crippen molar-refractivity contribution in [2.45, 2.75) is 18.6 Å². The summed E-state index contributed by atoms with van der Waals surface area (Å²) in [6, 6.07) is 7.68. The lowest BCUT2D eigenvalue weighted by Gasteiger charge is -2.15. The van der Waals surface area contributed by atoms with E-state index in [2.05, 4.69) is 9.98 Å². The summed E-state index contributed by atoms with van der Waals surface area (Å²) in [5.41, 5.74) is 0.403. The van der Waals surface area contributed by atoms with Crippen molar-refractivity contribution in [2.75, 3.05) is 0 Å². The Morgan fingerprint density at radius 3 is 2.67 bits per heavy atom. The Hall–Kier alpha value is -3.47. The van der Waals surface area contributed by atoms with Crippen molar-refractivity contribution in [1.29, 1.82) is 5.26 Å². The van der Waals surface area contributed by atoms with E-state index in [4.69, 9.17) is 5.11 Å². The Bertz CT molecular complexity index is 1000. The highest BCUT2D eigenvalue weighted by molar-refractivity contribution is 6.08. The average Bonchev–Trinajstić information content (AvgIpc) is 2.67. The van der Waals surface area contributed by atoms with Gasteiger partial charge in [-0.05, 0) is 30.2 Å². The predicted molar refractivity (Wildman–Crippen MR) is 91.0 cm³/mol. The molecular formula is C19H12F3N3O2. The third-order valence-corrected chi connectivity index (χ3v) is 4.09. The zero-order valence-electron chi connectivity index (χ0n) is 13.7. The number of aliphatic carboxylic acids is 1. The lowest BCUT2D eigenvalue weighted by Crippen LogP contribution is -2.09. The first kappa shape index (κ1) is 18.3. The normalized spacial score (nSPS) is 16.5. The van der Waals surface area contributed by atoms with E-state index in [9.17, 15) is 23.2 Å². The molecule has 0 saturated carbocycles. The van der Waals surface area contributed by atoms with Crippen LogP contribution in [0, 0.1) is 11.3 Å². The van der Waals surface area contributed by atoms with Crippen LogP contribution in [0.25, 0.3) is 11.1 Å². The molecule has 1 aromatic carbocycles. The van der Waals surface area contributed by atoms with Gasteiger partial charge in [0.05, 0.1) is 34.5 Å². The lowest BCUT2D eigenvalue weighted by molar-refractivity contribution is -0.137. The molecule has 136 valence electrons. The van der Waals surface area contributed by atoms with Crippen molar-refractivity contribution in [1.82, 2.24) is 4.98 Å². The van der Waals surface area contributed by atoms with Crippen LogP contribution in [0.15, 0.2) is 53.2 Å². The number of carbonyl (C=O) groups is 1. The number of benzene rings is 1. The minimum atomic E-state index is -4.48. The summed E-state index contributed by atoms with van der Waals surface area (Å²) < 4.78 is 38.8. The number of rotatable bonds is 3. The molecule has 0 spiro atoms. The van der Waals surface area contributed by atoms with E-state index in [-0.39, 0.29) is 22.3 Å². The largest absolute Gasteiger partial charge is 0.478 e. The number of alkyl halides is 3. The van der Waals surface area contributed by atoms with Gasteiger partial charge in [-0.3, -0.25) is 9.98 Å². The van der Waals surface area contributed by atoms with Crippen molar-refractivity contribution < 1.29 is 23.1 Å². The SMILES string of the molecule is N#Cc1cc(C2CC=C(C(=O)O)C=N2)ncc1-c1cccc(C(F)(F)F)c1. The number of nitriles is 1. The maximum atomic E-state index is 12.9. The Morgan fingerprint density at radius 2 is 2.07 bits per heavy atom. The van der Waals surface area contributed by atoms with E-state index in [1.54, 1.807) is 0 Å². The molecule has 3 rings (SSSR count). The maximum Gasteiger partial charge on any atom is 0.416 e. The molecule has 2 heterocycles. The summed E-state index contributed by atoms with van der Waals surface area (Å²) in [4.78, 5) is 19.3. The third kappa shape index (κ3) is 3.87. The number of pyridine rings is 1. The van der Waals surface area contributed by atoms with Gasteiger partial charge < -0.3 is 5.11 Å². The number of carboxylic acid groups (broad SMARTS) is 1. The molecule has 1 N–H and O–H groups in total. The van der Waals surface area contributed by atoms with Crippen molar-refractivity contribution in [2.24, 2.45) is 4.99 Å².